The van der Waals surface area contributed by atoms with Gasteiger partial charge in [0.05, 0.1) is 17.9 Å². The maximum atomic E-state index is 12.3. The Morgan fingerprint density at radius 3 is 3.14 bits per heavy atom. The fraction of sp³-hybridized carbons (Fsp3) is 0.750. The molecule has 22 heavy (non-hydrogen) atoms. The van der Waals surface area contributed by atoms with Crippen LogP contribution in [0, 0.1) is 12.8 Å². The van der Waals surface area contributed by atoms with E-state index < -0.39 is 0 Å². The Balaban J connectivity index is 1.45. The number of aromatic amines is 1. The van der Waals surface area contributed by atoms with Crippen LogP contribution in [-0.4, -0.2) is 58.5 Å². The number of fused-ring (bicyclic) bond motifs is 1. The highest BCUT2D eigenvalue weighted by Crippen LogP contribution is 2.18. The van der Waals surface area contributed by atoms with Gasteiger partial charge in [-0.3, -0.25) is 0 Å². The number of hydrogen-bond donors (Lipinski definition) is 2. The summed E-state index contributed by atoms with van der Waals surface area (Å²) in [5, 5.41) is 3.12. The van der Waals surface area contributed by atoms with Gasteiger partial charge in [0.1, 0.15) is 5.82 Å². The lowest BCUT2D eigenvalue weighted by molar-refractivity contribution is 0.189. The number of aromatic nitrogens is 2. The van der Waals surface area contributed by atoms with Crippen molar-refractivity contribution < 1.29 is 4.79 Å². The zero-order chi connectivity index (χ0) is 15.5. The van der Waals surface area contributed by atoms with E-state index in [9.17, 15) is 4.79 Å². The Morgan fingerprint density at radius 1 is 1.45 bits per heavy atom. The lowest BCUT2D eigenvalue weighted by atomic mass is 10.1. The second-order valence-electron chi connectivity index (χ2n) is 6.56. The van der Waals surface area contributed by atoms with Gasteiger partial charge in [0, 0.05) is 26.1 Å². The van der Waals surface area contributed by atoms with Gasteiger partial charge in [0.25, 0.3) is 0 Å². The number of hydrogen-bond acceptors (Lipinski definition) is 3. The molecular weight excluding hydrogens is 278 g/mol. The van der Waals surface area contributed by atoms with Crippen LogP contribution in [0.1, 0.15) is 37.0 Å². The first-order valence-electron chi connectivity index (χ1n) is 8.45. The minimum absolute atomic E-state index is 0.0619. The molecule has 0 aromatic carbocycles. The molecule has 0 radical (unpaired) electrons. The quantitative estimate of drug-likeness (QED) is 0.886. The molecule has 0 saturated carbocycles. The number of amides is 2. The van der Waals surface area contributed by atoms with Gasteiger partial charge in [-0.05, 0) is 38.8 Å². The minimum atomic E-state index is 0.0619. The van der Waals surface area contributed by atoms with Crippen molar-refractivity contribution in [1.82, 2.24) is 25.1 Å². The monoisotopic (exact) mass is 305 g/mol. The van der Waals surface area contributed by atoms with Crippen LogP contribution in [0.15, 0.2) is 0 Å². The van der Waals surface area contributed by atoms with E-state index in [-0.39, 0.29) is 6.03 Å². The normalized spacial score (nSPS) is 21.9. The molecule has 2 amide bonds. The summed E-state index contributed by atoms with van der Waals surface area (Å²) in [4.78, 5) is 24.4. The third kappa shape index (κ3) is 3.43. The second-order valence-corrected chi connectivity index (χ2v) is 6.56. The first kappa shape index (κ1) is 15.3. The summed E-state index contributed by atoms with van der Waals surface area (Å²) in [6.45, 7) is 9.86. The molecular formula is C16H27N5O. The maximum absolute atomic E-state index is 12.3. The Morgan fingerprint density at radius 2 is 2.32 bits per heavy atom. The number of carbonyl (C=O) groups is 1. The highest BCUT2D eigenvalue weighted by molar-refractivity contribution is 5.74. The molecule has 3 rings (SSSR count). The number of aryl methyl sites for hydroxylation is 1. The van der Waals surface area contributed by atoms with E-state index in [0.29, 0.717) is 12.5 Å². The first-order chi connectivity index (χ1) is 10.7. The molecule has 1 saturated heterocycles. The van der Waals surface area contributed by atoms with Crippen LogP contribution in [0.25, 0.3) is 0 Å². The lowest BCUT2D eigenvalue weighted by Crippen LogP contribution is -2.44. The number of imidazole rings is 1. The molecule has 0 unspecified atom stereocenters. The number of nitrogens with one attached hydrogen (secondary N) is 2. The molecule has 2 N–H and O–H groups in total. The molecule has 2 aliphatic heterocycles. The van der Waals surface area contributed by atoms with Gasteiger partial charge in [0.2, 0.25) is 0 Å². The number of rotatable bonds is 4. The van der Waals surface area contributed by atoms with Crippen LogP contribution in [-0.2, 0) is 13.0 Å². The number of likely N-dealkylation sites (tertiary alicyclic amines) is 1. The Hall–Kier alpha value is -1.56. The zero-order valence-electron chi connectivity index (χ0n) is 13.7. The molecule has 3 heterocycles. The number of urea groups is 1. The summed E-state index contributed by atoms with van der Waals surface area (Å²) in [5.74, 6) is 1.54. The third-order valence-corrected chi connectivity index (χ3v) is 4.69. The van der Waals surface area contributed by atoms with Crippen molar-refractivity contribution in [3.05, 3.63) is 17.2 Å². The van der Waals surface area contributed by atoms with Crippen molar-refractivity contribution in [3.8, 4) is 0 Å². The second kappa shape index (κ2) is 6.69. The SMILES string of the molecule is CCCN1CC[C@H](CNC(=O)N2CCc3nc(C)[nH]c3C2)C1. The Labute approximate surface area is 132 Å². The van der Waals surface area contributed by atoms with Gasteiger partial charge in [-0.15, -0.1) is 0 Å². The molecule has 0 bridgehead atoms. The minimum Gasteiger partial charge on any atom is -0.344 e. The van der Waals surface area contributed by atoms with E-state index in [0.717, 1.165) is 43.3 Å². The average molecular weight is 305 g/mol. The van der Waals surface area contributed by atoms with Gasteiger partial charge in [-0.2, -0.15) is 0 Å². The van der Waals surface area contributed by atoms with Crippen LogP contribution in [0.4, 0.5) is 4.79 Å². The van der Waals surface area contributed by atoms with Gasteiger partial charge >= 0.3 is 6.03 Å². The molecule has 6 heteroatoms. The van der Waals surface area contributed by atoms with E-state index in [4.69, 9.17) is 0 Å². The van der Waals surface area contributed by atoms with E-state index in [1.54, 1.807) is 0 Å². The van der Waals surface area contributed by atoms with Gasteiger partial charge < -0.3 is 20.1 Å². The van der Waals surface area contributed by atoms with Crippen molar-refractivity contribution in [1.29, 1.82) is 0 Å². The Kier molecular flexibility index (Phi) is 4.66. The van der Waals surface area contributed by atoms with Crippen molar-refractivity contribution in [2.75, 3.05) is 32.7 Å². The fourth-order valence-electron chi connectivity index (χ4n) is 3.55. The summed E-state index contributed by atoms with van der Waals surface area (Å²) in [7, 11) is 0. The molecule has 0 spiro atoms. The molecule has 1 fully saturated rings. The standard InChI is InChI=1S/C16H27N5O/c1-3-6-20-7-4-13(10-20)9-17-16(22)21-8-5-14-15(11-21)19-12(2)18-14/h13H,3-11H2,1-2H3,(H,17,22)(H,18,19)/t13-/m1/s1. The lowest BCUT2D eigenvalue weighted by Gasteiger charge is -2.27. The van der Waals surface area contributed by atoms with Crippen molar-refractivity contribution in [3.63, 3.8) is 0 Å². The number of carbonyl (C=O) groups excluding carboxylic acids is 1. The van der Waals surface area contributed by atoms with E-state index in [1.807, 2.05) is 11.8 Å². The highest BCUT2D eigenvalue weighted by atomic mass is 16.2. The maximum Gasteiger partial charge on any atom is 0.317 e. The van der Waals surface area contributed by atoms with E-state index in [2.05, 4.69) is 27.1 Å². The van der Waals surface area contributed by atoms with Crippen LogP contribution in [0.2, 0.25) is 0 Å². The molecule has 6 nitrogen and oxygen atoms in total. The molecule has 2 aliphatic rings. The summed E-state index contributed by atoms with van der Waals surface area (Å²) in [5.41, 5.74) is 2.21. The molecule has 0 aliphatic carbocycles. The van der Waals surface area contributed by atoms with Crippen molar-refractivity contribution in [2.45, 2.75) is 39.7 Å². The van der Waals surface area contributed by atoms with Crippen LogP contribution in [0.5, 0.6) is 0 Å². The van der Waals surface area contributed by atoms with E-state index in [1.165, 1.54) is 25.9 Å². The summed E-state index contributed by atoms with van der Waals surface area (Å²) in [6.07, 6.45) is 3.25. The topological polar surface area (TPSA) is 64.3 Å². The van der Waals surface area contributed by atoms with Crippen LogP contribution in [0.3, 0.4) is 0 Å². The highest BCUT2D eigenvalue weighted by Gasteiger charge is 2.25. The molecule has 1 aromatic rings. The van der Waals surface area contributed by atoms with Crippen LogP contribution >= 0.6 is 0 Å². The van der Waals surface area contributed by atoms with E-state index >= 15 is 0 Å². The molecule has 1 atom stereocenters. The smallest absolute Gasteiger partial charge is 0.317 e. The van der Waals surface area contributed by atoms with Crippen molar-refractivity contribution >= 4 is 6.03 Å². The fourth-order valence-corrected chi connectivity index (χ4v) is 3.55. The summed E-state index contributed by atoms with van der Waals surface area (Å²) >= 11 is 0. The van der Waals surface area contributed by atoms with Crippen molar-refractivity contribution in [2.24, 2.45) is 5.92 Å². The largest absolute Gasteiger partial charge is 0.344 e. The molecule has 1 aromatic heterocycles. The average Bonchev–Trinajstić information content (AvgIpc) is 3.09. The number of nitrogens with zero attached hydrogens (tertiary/aromatic N) is 3. The van der Waals surface area contributed by atoms with Gasteiger partial charge in [0.15, 0.2) is 0 Å². The predicted molar refractivity (Wildman–Crippen MR) is 85.7 cm³/mol. The Bertz CT molecular complexity index is 527. The first-order valence-corrected chi connectivity index (χ1v) is 8.45. The van der Waals surface area contributed by atoms with Crippen LogP contribution < -0.4 is 5.32 Å². The number of H-pyrrole nitrogens is 1. The molecule has 122 valence electrons. The van der Waals surface area contributed by atoms with Gasteiger partial charge in [-0.1, -0.05) is 6.92 Å². The third-order valence-electron chi connectivity index (χ3n) is 4.69. The van der Waals surface area contributed by atoms with Gasteiger partial charge in [-0.25, -0.2) is 9.78 Å². The predicted octanol–water partition coefficient (Wildman–Crippen LogP) is 1.52. The summed E-state index contributed by atoms with van der Waals surface area (Å²) < 4.78 is 0. The zero-order valence-corrected chi connectivity index (χ0v) is 13.7. The summed E-state index contributed by atoms with van der Waals surface area (Å²) in [6, 6.07) is 0.0619.